The van der Waals surface area contributed by atoms with Gasteiger partial charge in [0.2, 0.25) is 0 Å². The van der Waals surface area contributed by atoms with Crippen LogP contribution in [0.5, 0.6) is 0 Å². The Morgan fingerprint density at radius 3 is 3.00 bits per heavy atom. The lowest BCUT2D eigenvalue weighted by atomic mass is 10.4. The number of carbonyl (C=O) groups excluding carboxylic acids is 1. The van der Waals surface area contributed by atoms with Gasteiger partial charge in [0.1, 0.15) is 0 Å². The standard InChI is InChI=1S/C14H25N5O2/c1-3-17-5-4-6-18(8-7-17)14(20)16-13-11-15-19(12-13)9-10-21-2/h11-12H,3-10H2,1-2H3,(H,16,20). The van der Waals surface area contributed by atoms with E-state index in [1.807, 2.05) is 11.1 Å². The second-order valence-electron chi connectivity index (χ2n) is 5.19. The molecular formula is C14H25N5O2. The maximum absolute atomic E-state index is 12.3. The Morgan fingerprint density at radius 2 is 2.24 bits per heavy atom. The van der Waals surface area contributed by atoms with E-state index in [4.69, 9.17) is 4.74 Å². The van der Waals surface area contributed by atoms with E-state index >= 15 is 0 Å². The fraction of sp³-hybridized carbons (Fsp3) is 0.714. The van der Waals surface area contributed by atoms with E-state index in [-0.39, 0.29) is 6.03 Å². The summed E-state index contributed by atoms with van der Waals surface area (Å²) in [6.45, 7) is 8.07. The molecule has 2 amide bonds. The van der Waals surface area contributed by atoms with Gasteiger partial charge in [-0.05, 0) is 19.5 Å². The molecule has 0 aliphatic carbocycles. The Balaban J connectivity index is 1.84. The van der Waals surface area contributed by atoms with Crippen LogP contribution in [0.25, 0.3) is 0 Å². The molecular weight excluding hydrogens is 270 g/mol. The van der Waals surface area contributed by atoms with Gasteiger partial charge in [0.05, 0.1) is 25.0 Å². The number of carbonyl (C=O) groups is 1. The highest BCUT2D eigenvalue weighted by Gasteiger charge is 2.18. The normalized spacial score (nSPS) is 16.8. The number of urea groups is 1. The highest BCUT2D eigenvalue weighted by Crippen LogP contribution is 2.09. The van der Waals surface area contributed by atoms with E-state index in [2.05, 4.69) is 22.2 Å². The molecule has 2 heterocycles. The average Bonchev–Trinajstić information content (AvgIpc) is 2.79. The number of rotatable bonds is 5. The van der Waals surface area contributed by atoms with E-state index in [0.717, 1.165) is 44.8 Å². The zero-order valence-corrected chi connectivity index (χ0v) is 12.9. The summed E-state index contributed by atoms with van der Waals surface area (Å²) in [6.07, 6.45) is 4.52. The minimum atomic E-state index is -0.0424. The molecule has 1 aromatic heterocycles. The third-order valence-electron chi connectivity index (χ3n) is 3.73. The number of nitrogens with zero attached hydrogens (tertiary/aromatic N) is 4. The van der Waals surface area contributed by atoms with Crippen LogP contribution in [0, 0.1) is 0 Å². The molecule has 2 rings (SSSR count). The number of anilines is 1. The predicted molar refractivity (Wildman–Crippen MR) is 81.4 cm³/mol. The minimum Gasteiger partial charge on any atom is -0.383 e. The van der Waals surface area contributed by atoms with Crippen molar-refractivity contribution in [2.45, 2.75) is 19.9 Å². The van der Waals surface area contributed by atoms with Gasteiger partial charge in [-0.15, -0.1) is 0 Å². The fourth-order valence-corrected chi connectivity index (χ4v) is 2.43. The summed E-state index contributed by atoms with van der Waals surface area (Å²) >= 11 is 0. The summed E-state index contributed by atoms with van der Waals surface area (Å²) in [7, 11) is 1.66. The molecule has 0 saturated carbocycles. The molecule has 0 bridgehead atoms. The number of hydrogen-bond acceptors (Lipinski definition) is 4. The molecule has 1 fully saturated rings. The van der Waals surface area contributed by atoms with E-state index in [0.29, 0.717) is 13.2 Å². The largest absolute Gasteiger partial charge is 0.383 e. The van der Waals surface area contributed by atoms with Gasteiger partial charge in [-0.2, -0.15) is 5.10 Å². The molecule has 0 spiro atoms. The highest BCUT2D eigenvalue weighted by molar-refractivity contribution is 5.89. The SMILES string of the molecule is CCN1CCCN(C(=O)Nc2cnn(CCOC)c2)CC1. The zero-order valence-electron chi connectivity index (χ0n) is 12.9. The Morgan fingerprint density at radius 1 is 1.38 bits per heavy atom. The summed E-state index contributed by atoms with van der Waals surface area (Å²) < 4.78 is 6.77. The van der Waals surface area contributed by atoms with Gasteiger partial charge >= 0.3 is 6.03 Å². The Kier molecular flexibility index (Phi) is 6.01. The van der Waals surface area contributed by atoms with Crippen molar-refractivity contribution in [2.75, 3.05) is 51.8 Å². The number of nitrogens with one attached hydrogen (secondary N) is 1. The van der Waals surface area contributed by atoms with Crippen molar-refractivity contribution in [3.05, 3.63) is 12.4 Å². The van der Waals surface area contributed by atoms with E-state index in [1.54, 1.807) is 18.0 Å². The van der Waals surface area contributed by atoms with E-state index in [1.165, 1.54) is 0 Å². The monoisotopic (exact) mass is 295 g/mol. The lowest BCUT2D eigenvalue weighted by molar-refractivity contribution is 0.183. The number of methoxy groups -OCH3 is 1. The third-order valence-corrected chi connectivity index (χ3v) is 3.73. The molecule has 0 unspecified atom stereocenters. The molecule has 118 valence electrons. The van der Waals surface area contributed by atoms with Crippen LogP contribution < -0.4 is 5.32 Å². The van der Waals surface area contributed by atoms with Crippen molar-refractivity contribution < 1.29 is 9.53 Å². The summed E-state index contributed by atoms with van der Waals surface area (Å²) in [5, 5.41) is 7.10. The molecule has 1 aliphatic heterocycles. The molecule has 1 N–H and O–H groups in total. The van der Waals surface area contributed by atoms with Gasteiger partial charge in [0.25, 0.3) is 0 Å². The van der Waals surface area contributed by atoms with Crippen LogP contribution in [0.1, 0.15) is 13.3 Å². The molecule has 0 radical (unpaired) electrons. The first-order valence-electron chi connectivity index (χ1n) is 7.52. The number of amides is 2. The minimum absolute atomic E-state index is 0.0424. The van der Waals surface area contributed by atoms with Gasteiger partial charge in [0.15, 0.2) is 0 Å². The quantitative estimate of drug-likeness (QED) is 0.883. The van der Waals surface area contributed by atoms with Crippen molar-refractivity contribution >= 4 is 11.7 Å². The maximum atomic E-state index is 12.3. The second-order valence-corrected chi connectivity index (χ2v) is 5.19. The van der Waals surface area contributed by atoms with E-state index < -0.39 is 0 Å². The lowest BCUT2D eigenvalue weighted by Gasteiger charge is -2.21. The van der Waals surface area contributed by atoms with Crippen LogP contribution in [-0.4, -0.2) is 72.1 Å². The van der Waals surface area contributed by atoms with Crippen molar-refractivity contribution in [3.63, 3.8) is 0 Å². The maximum Gasteiger partial charge on any atom is 0.321 e. The molecule has 0 atom stereocenters. The Labute approximate surface area is 125 Å². The van der Waals surface area contributed by atoms with Crippen LogP contribution in [0.2, 0.25) is 0 Å². The smallest absolute Gasteiger partial charge is 0.321 e. The molecule has 1 saturated heterocycles. The number of aromatic nitrogens is 2. The molecule has 7 nitrogen and oxygen atoms in total. The average molecular weight is 295 g/mol. The molecule has 1 aromatic rings. The van der Waals surface area contributed by atoms with Crippen LogP contribution in [0.4, 0.5) is 10.5 Å². The molecule has 7 heteroatoms. The van der Waals surface area contributed by atoms with Gasteiger partial charge in [-0.25, -0.2) is 4.79 Å². The molecule has 1 aliphatic rings. The Hall–Kier alpha value is -1.60. The van der Waals surface area contributed by atoms with Gasteiger partial charge < -0.3 is 19.9 Å². The first-order valence-corrected chi connectivity index (χ1v) is 7.52. The molecule has 21 heavy (non-hydrogen) atoms. The first-order chi connectivity index (χ1) is 10.2. The van der Waals surface area contributed by atoms with Crippen LogP contribution in [0.15, 0.2) is 12.4 Å². The van der Waals surface area contributed by atoms with Crippen LogP contribution >= 0.6 is 0 Å². The molecule has 0 aromatic carbocycles. The fourth-order valence-electron chi connectivity index (χ4n) is 2.43. The van der Waals surface area contributed by atoms with Gasteiger partial charge in [0, 0.05) is 32.9 Å². The van der Waals surface area contributed by atoms with Crippen molar-refractivity contribution in [1.29, 1.82) is 0 Å². The number of ether oxygens (including phenoxy) is 1. The Bertz CT molecular complexity index is 448. The summed E-state index contributed by atoms with van der Waals surface area (Å²) in [5.41, 5.74) is 0.729. The summed E-state index contributed by atoms with van der Waals surface area (Å²) in [6, 6.07) is -0.0424. The second kappa shape index (κ2) is 7.99. The number of likely N-dealkylation sites (N-methyl/N-ethyl adjacent to an activating group) is 1. The third kappa shape index (κ3) is 4.71. The van der Waals surface area contributed by atoms with Gasteiger partial charge in [-0.3, -0.25) is 4.68 Å². The number of hydrogen-bond donors (Lipinski definition) is 1. The van der Waals surface area contributed by atoms with Crippen molar-refractivity contribution in [1.82, 2.24) is 19.6 Å². The van der Waals surface area contributed by atoms with Crippen LogP contribution in [0.3, 0.4) is 0 Å². The van der Waals surface area contributed by atoms with E-state index in [9.17, 15) is 4.79 Å². The first kappa shape index (κ1) is 15.8. The lowest BCUT2D eigenvalue weighted by Crippen LogP contribution is -2.38. The predicted octanol–water partition coefficient (Wildman–Crippen LogP) is 1.09. The van der Waals surface area contributed by atoms with Crippen molar-refractivity contribution in [2.24, 2.45) is 0 Å². The van der Waals surface area contributed by atoms with Crippen LogP contribution in [-0.2, 0) is 11.3 Å². The summed E-state index contributed by atoms with van der Waals surface area (Å²) in [4.78, 5) is 16.5. The van der Waals surface area contributed by atoms with Crippen molar-refractivity contribution in [3.8, 4) is 0 Å². The topological polar surface area (TPSA) is 62.6 Å². The van der Waals surface area contributed by atoms with Gasteiger partial charge in [-0.1, -0.05) is 6.92 Å². The zero-order chi connectivity index (χ0) is 15.1. The summed E-state index contributed by atoms with van der Waals surface area (Å²) in [5.74, 6) is 0. The highest BCUT2D eigenvalue weighted by atomic mass is 16.5.